The maximum Gasteiger partial charge on any atom is 0.198 e. The molecule has 4 aromatic carbocycles. The van der Waals surface area contributed by atoms with Crippen molar-refractivity contribution in [1.82, 2.24) is 0 Å². The van der Waals surface area contributed by atoms with E-state index in [4.69, 9.17) is 4.74 Å². The molecule has 5 rings (SSSR count). The third-order valence-electron chi connectivity index (χ3n) is 6.61. The van der Waals surface area contributed by atoms with Crippen molar-refractivity contribution in [3.8, 4) is 11.5 Å². The van der Waals surface area contributed by atoms with Crippen molar-refractivity contribution in [3.05, 3.63) is 113 Å². The molecule has 1 aliphatic carbocycles. The second kappa shape index (κ2) is 8.68. The van der Waals surface area contributed by atoms with Crippen LogP contribution in [0.1, 0.15) is 58.2 Å². The van der Waals surface area contributed by atoms with Gasteiger partial charge in [-0.3, -0.25) is 9.59 Å². The standard InChI is InChI=1S/C31H27NO4/c1-31(2,3)19-9-11-20(12-10-19)32(21-13-15-22(36-4)16-14-21)26-18-17-25-27(30(26)35)29(34)24-8-6-5-7-23(24)28(25)33/h5-18,35H,1-4H3. The number of hydrogen-bond donors (Lipinski definition) is 1. The molecular formula is C31H27NO4. The number of anilines is 3. The van der Waals surface area contributed by atoms with Crippen LogP contribution in [0.15, 0.2) is 84.9 Å². The van der Waals surface area contributed by atoms with Crippen LogP contribution in [0.25, 0.3) is 0 Å². The van der Waals surface area contributed by atoms with Crippen molar-refractivity contribution < 1.29 is 19.4 Å². The first kappa shape index (κ1) is 23.4. The number of phenols is 1. The Labute approximate surface area is 210 Å². The molecule has 0 heterocycles. The second-order valence-electron chi connectivity index (χ2n) is 9.89. The monoisotopic (exact) mass is 477 g/mol. The van der Waals surface area contributed by atoms with E-state index in [0.29, 0.717) is 22.6 Å². The van der Waals surface area contributed by atoms with E-state index < -0.39 is 0 Å². The highest BCUT2D eigenvalue weighted by Gasteiger charge is 2.34. The number of aromatic hydroxyl groups is 1. The SMILES string of the molecule is COc1ccc(N(c2ccc(C(C)(C)C)cc2)c2ccc3c(c2O)C(=O)c2ccccc2C3=O)cc1. The smallest absolute Gasteiger partial charge is 0.198 e. The Balaban J connectivity index is 1.69. The Morgan fingerprint density at radius 3 is 1.81 bits per heavy atom. The molecule has 0 unspecified atom stereocenters. The van der Waals surface area contributed by atoms with Crippen molar-refractivity contribution in [3.63, 3.8) is 0 Å². The molecule has 1 aliphatic rings. The number of methoxy groups -OCH3 is 1. The van der Waals surface area contributed by atoms with Crippen LogP contribution in [-0.4, -0.2) is 23.8 Å². The maximum absolute atomic E-state index is 13.4. The first-order chi connectivity index (χ1) is 17.2. The lowest BCUT2D eigenvalue weighted by atomic mass is 9.83. The molecule has 0 saturated heterocycles. The van der Waals surface area contributed by atoms with Crippen molar-refractivity contribution in [1.29, 1.82) is 0 Å². The van der Waals surface area contributed by atoms with Crippen LogP contribution in [0.5, 0.6) is 11.5 Å². The van der Waals surface area contributed by atoms with Gasteiger partial charge in [-0.25, -0.2) is 0 Å². The molecule has 0 aliphatic heterocycles. The number of rotatable bonds is 4. The molecular weight excluding hydrogens is 450 g/mol. The zero-order chi connectivity index (χ0) is 25.6. The van der Waals surface area contributed by atoms with Crippen LogP contribution in [0, 0.1) is 0 Å². The molecule has 36 heavy (non-hydrogen) atoms. The summed E-state index contributed by atoms with van der Waals surface area (Å²) in [5, 5.41) is 11.5. The summed E-state index contributed by atoms with van der Waals surface area (Å²) in [6.45, 7) is 6.46. The first-order valence-corrected chi connectivity index (χ1v) is 11.8. The van der Waals surface area contributed by atoms with Gasteiger partial charge in [0.15, 0.2) is 17.3 Å². The third-order valence-corrected chi connectivity index (χ3v) is 6.61. The van der Waals surface area contributed by atoms with Gasteiger partial charge in [0.2, 0.25) is 0 Å². The Morgan fingerprint density at radius 2 is 1.25 bits per heavy atom. The Bertz CT molecular complexity index is 1480. The highest BCUT2D eigenvalue weighted by Crippen LogP contribution is 2.45. The average Bonchev–Trinajstić information content (AvgIpc) is 2.88. The zero-order valence-corrected chi connectivity index (χ0v) is 20.7. The van der Waals surface area contributed by atoms with Crippen molar-refractivity contribution in [2.75, 3.05) is 12.0 Å². The molecule has 4 aromatic rings. The second-order valence-corrected chi connectivity index (χ2v) is 9.89. The largest absolute Gasteiger partial charge is 0.505 e. The molecule has 0 amide bonds. The van der Waals surface area contributed by atoms with E-state index in [2.05, 4.69) is 32.9 Å². The van der Waals surface area contributed by atoms with Gasteiger partial charge in [0.1, 0.15) is 5.75 Å². The van der Waals surface area contributed by atoms with Gasteiger partial charge >= 0.3 is 0 Å². The summed E-state index contributed by atoms with van der Waals surface area (Å²) in [6.07, 6.45) is 0. The normalized spacial score (nSPS) is 12.7. The quantitative estimate of drug-likeness (QED) is 0.304. The van der Waals surface area contributed by atoms with Gasteiger partial charge in [0, 0.05) is 28.1 Å². The van der Waals surface area contributed by atoms with Crippen LogP contribution in [0.3, 0.4) is 0 Å². The molecule has 180 valence electrons. The zero-order valence-electron chi connectivity index (χ0n) is 20.7. The third kappa shape index (κ3) is 3.83. The summed E-state index contributed by atoms with van der Waals surface area (Å²) < 4.78 is 5.32. The molecule has 0 atom stereocenters. The fraction of sp³-hybridized carbons (Fsp3) is 0.161. The van der Waals surface area contributed by atoms with Crippen molar-refractivity contribution in [2.24, 2.45) is 0 Å². The lowest BCUT2D eigenvalue weighted by Crippen LogP contribution is -2.22. The Kier molecular flexibility index (Phi) is 5.64. The number of hydrogen-bond acceptors (Lipinski definition) is 5. The average molecular weight is 478 g/mol. The number of benzene rings is 4. The minimum atomic E-state index is -0.364. The van der Waals surface area contributed by atoms with Gasteiger partial charge in [-0.1, -0.05) is 57.2 Å². The summed E-state index contributed by atoms with van der Waals surface area (Å²) in [7, 11) is 1.60. The molecule has 0 spiro atoms. The number of ketones is 2. The molecule has 0 saturated carbocycles. The van der Waals surface area contributed by atoms with Gasteiger partial charge in [-0.15, -0.1) is 0 Å². The molecule has 0 aromatic heterocycles. The van der Waals surface area contributed by atoms with Gasteiger partial charge in [0.05, 0.1) is 18.4 Å². The van der Waals surface area contributed by atoms with Crippen molar-refractivity contribution in [2.45, 2.75) is 26.2 Å². The topological polar surface area (TPSA) is 66.8 Å². The summed E-state index contributed by atoms with van der Waals surface area (Å²) in [6, 6.07) is 25.6. The molecule has 5 heteroatoms. The van der Waals surface area contributed by atoms with E-state index in [-0.39, 0.29) is 33.9 Å². The predicted octanol–water partition coefficient (Wildman–Crippen LogP) is 6.94. The van der Waals surface area contributed by atoms with Gasteiger partial charge < -0.3 is 14.7 Å². The molecule has 0 fully saturated rings. The Morgan fingerprint density at radius 1 is 0.694 bits per heavy atom. The van der Waals surface area contributed by atoms with Crippen LogP contribution in [0.2, 0.25) is 0 Å². The highest BCUT2D eigenvalue weighted by atomic mass is 16.5. The van der Waals surface area contributed by atoms with Crippen molar-refractivity contribution >= 4 is 28.6 Å². The molecule has 0 radical (unpaired) electrons. The van der Waals surface area contributed by atoms with E-state index in [1.54, 1.807) is 43.5 Å². The number of fused-ring (bicyclic) bond motifs is 2. The minimum Gasteiger partial charge on any atom is -0.505 e. The summed E-state index contributed by atoms with van der Waals surface area (Å²) in [5.74, 6) is -0.158. The summed E-state index contributed by atoms with van der Waals surface area (Å²) in [4.78, 5) is 28.4. The van der Waals surface area contributed by atoms with E-state index >= 15 is 0 Å². The Hall–Kier alpha value is -4.38. The van der Waals surface area contributed by atoms with E-state index in [0.717, 1.165) is 11.4 Å². The minimum absolute atomic E-state index is 0.0163. The molecule has 1 N–H and O–H groups in total. The first-order valence-electron chi connectivity index (χ1n) is 11.8. The number of nitrogens with zero attached hydrogens (tertiary/aromatic N) is 1. The maximum atomic E-state index is 13.4. The summed E-state index contributed by atoms with van der Waals surface area (Å²) >= 11 is 0. The number of ether oxygens (including phenoxy) is 1. The van der Waals surface area contributed by atoms with Crippen LogP contribution >= 0.6 is 0 Å². The van der Waals surface area contributed by atoms with E-state index in [9.17, 15) is 14.7 Å². The highest BCUT2D eigenvalue weighted by molar-refractivity contribution is 6.29. The van der Waals surface area contributed by atoms with Crippen LogP contribution in [0.4, 0.5) is 17.1 Å². The van der Waals surface area contributed by atoms with Gasteiger partial charge in [-0.05, 0) is 59.5 Å². The predicted molar refractivity (Wildman–Crippen MR) is 141 cm³/mol. The van der Waals surface area contributed by atoms with Crippen LogP contribution in [-0.2, 0) is 5.41 Å². The lowest BCUT2D eigenvalue weighted by molar-refractivity contribution is 0.0977. The van der Waals surface area contributed by atoms with E-state index in [1.165, 1.54) is 5.56 Å². The summed E-state index contributed by atoms with van der Waals surface area (Å²) in [5.41, 5.74) is 4.02. The lowest BCUT2D eigenvalue weighted by Gasteiger charge is -2.29. The number of phenolic OH excluding ortho intramolecular Hbond substituents is 1. The molecule has 5 nitrogen and oxygen atoms in total. The van der Waals surface area contributed by atoms with Gasteiger partial charge in [0.25, 0.3) is 0 Å². The fourth-order valence-electron chi connectivity index (χ4n) is 4.61. The van der Waals surface area contributed by atoms with E-state index in [1.807, 2.05) is 41.3 Å². The van der Waals surface area contributed by atoms with Crippen LogP contribution < -0.4 is 9.64 Å². The van der Waals surface area contributed by atoms with Gasteiger partial charge in [-0.2, -0.15) is 0 Å². The molecule has 0 bridgehead atoms. The fourth-order valence-corrected chi connectivity index (χ4v) is 4.61. The number of carbonyl (C=O) groups is 2. The number of carbonyl (C=O) groups excluding carboxylic acids is 2.